The molecule has 244 valence electrons. The Morgan fingerprint density at radius 1 is 0.809 bits per heavy atom. The molecule has 1 fully saturated rings. The van der Waals surface area contributed by atoms with Crippen LogP contribution < -0.4 is 9.80 Å². The second kappa shape index (κ2) is 13.0. The first kappa shape index (κ1) is 32.0. The van der Waals surface area contributed by atoms with Crippen molar-refractivity contribution >= 4 is 11.4 Å². The highest BCUT2D eigenvalue weighted by Gasteiger charge is 2.58. The Labute approximate surface area is 268 Å². The quantitative estimate of drug-likeness (QED) is 0.220. The van der Waals surface area contributed by atoms with Gasteiger partial charge in [0.15, 0.2) is 5.60 Å². The van der Waals surface area contributed by atoms with Crippen LogP contribution in [0.4, 0.5) is 28.9 Å². The molecule has 1 unspecified atom stereocenters. The number of rotatable bonds is 10. The fourth-order valence-electron chi connectivity index (χ4n) is 5.74. The summed E-state index contributed by atoms with van der Waals surface area (Å²) < 4.78 is 61.4. The monoisotopic (exact) mass is 647 g/mol. The Kier molecular flexibility index (Phi) is 8.88. The van der Waals surface area contributed by atoms with Crippen LogP contribution in [0.25, 0.3) is 11.1 Å². The summed E-state index contributed by atoms with van der Waals surface area (Å²) in [7, 11) is 4.03. The van der Waals surface area contributed by atoms with Gasteiger partial charge in [-0.1, -0.05) is 18.2 Å². The highest BCUT2D eigenvalue weighted by molar-refractivity contribution is 5.66. The summed E-state index contributed by atoms with van der Waals surface area (Å²) in [5.41, 5.74) is -0.339. The first-order valence-corrected chi connectivity index (χ1v) is 15.0. The normalized spacial score (nSPS) is 15.2. The van der Waals surface area contributed by atoms with Gasteiger partial charge in [-0.3, -0.25) is 9.97 Å². The van der Waals surface area contributed by atoms with E-state index in [0.717, 1.165) is 84.6 Å². The topological polar surface area (TPSA) is 99.3 Å². The van der Waals surface area contributed by atoms with E-state index in [1.165, 1.54) is 12.3 Å². The highest BCUT2D eigenvalue weighted by Crippen LogP contribution is 2.47. The zero-order valence-electron chi connectivity index (χ0n) is 25.8. The van der Waals surface area contributed by atoms with Crippen LogP contribution in [0, 0.1) is 11.6 Å². The van der Waals surface area contributed by atoms with Gasteiger partial charge in [-0.25, -0.2) is 13.5 Å². The Balaban J connectivity index is 1.15. The summed E-state index contributed by atoms with van der Waals surface area (Å²) in [4.78, 5) is 15.2. The Bertz CT molecular complexity index is 1780. The van der Waals surface area contributed by atoms with Crippen LogP contribution in [0.15, 0.2) is 85.5 Å². The summed E-state index contributed by atoms with van der Waals surface area (Å²) in [5.74, 6) is -6.45. The maximum Gasteiger partial charge on any atom is 0.323 e. The second-order valence-corrected chi connectivity index (χ2v) is 11.8. The number of anilines is 2. The van der Waals surface area contributed by atoms with Crippen molar-refractivity contribution in [1.82, 2.24) is 35.1 Å². The van der Waals surface area contributed by atoms with Gasteiger partial charge in [-0.05, 0) is 72.6 Å². The largest absolute Gasteiger partial charge is 0.377 e. The van der Waals surface area contributed by atoms with Crippen molar-refractivity contribution in [2.45, 2.75) is 24.6 Å². The number of tetrazole rings is 1. The number of aromatic nitrogens is 6. The summed E-state index contributed by atoms with van der Waals surface area (Å²) in [6.45, 7) is 3.21. The molecule has 4 heterocycles. The molecule has 10 nitrogen and oxygen atoms in total. The van der Waals surface area contributed by atoms with E-state index in [-0.39, 0.29) is 0 Å². The summed E-state index contributed by atoms with van der Waals surface area (Å²) in [5, 5.41) is 21.7. The summed E-state index contributed by atoms with van der Waals surface area (Å²) in [6.07, 6.45) is 4.20. The molecule has 1 saturated heterocycles. The maximum atomic E-state index is 16.1. The zero-order valence-corrected chi connectivity index (χ0v) is 25.8. The Morgan fingerprint density at radius 3 is 2.06 bits per heavy atom. The Morgan fingerprint density at radius 2 is 1.49 bits per heavy atom. The number of hydrogen-bond donors (Lipinski definition) is 1. The van der Waals surface area contributed by atoms with Gasteiger partial charge in [0.2, 0.25) is 0 Å². The lowest BCUT2D eigenvalue weighted by atomic mass is 9.84. The predicted molar refractivity (Wildman–Crippen MR) is 168 cm³/mol. The molecular weight excluding hydrogens is 614 g/mol. The van der Waals surface area contributed by atoms with Gasteiger partial charge in [0.25, 0.3) is 0 Å². The van der Waals surface area contributed by atoms with Gasteiger partial charge >= 0.3 is 5.92 Å². The molecule has 0 bridgehead atoms. The molecule has 0 saturated carbocycles. The van der Waals surface area contributed by atoms with E-state index in [4.69, 9.17) is 0 Å². The average molecular weight is 648 g/mol. The molecule has 0 aliphatic carbocycles. The third kappa shape index (κ3) is 6.65. The van der Waals surface area contributed by atoms with Gasteiger partial charge in [0, 0.05) is 61.8 Å². The molecular formula is C33H33F4N9O. The van der Waals surface area contributed by atoms with Gasteiger partial charge < -0.3 is 19.8 Å². The highest BCUT2D eigenvalue weighted by atomic mass is 19.3. The second-order valence-electron chi connectivity index (χ2n) is 11.8. The molecule has 0 spiro atoms. The molecule has 1 atom stereocenters. The Hall–Kier alpha value is -4.95. The number of halogens is 4. The van der Waals surface area contributed by atoms with Crippen molar-refractivity contribution in [2.24, 2.45) is 0 Å². The van der Waals surface area contributed by atoms with Gasteiger partial charge in [0.05, 0.1) is 24.1 Å². The van der Waals surface area contributed by atoms with Crippen LogP contribution in [0.5, 0.6) is 0 Å². The number of hydrogen-bond acceptors (Lipinski definition) is 9. The molecule has 1 aliphatic rings. The lowest BCUT2D eigenvalue weighted by Gasteiger charge is -2.37. The van der Waals surface area contributed by atoms with E-state index < -0.39 is 41.0 Å². The number of pyridine rings is 2. The van der Waals surface area contributed by atoms with Crippen LogP contribution in [0.1, 0.15) is 17.0 Å². The number of piperazine rings is 1. The molecule has 1 N–H and O–H groups in total. The fraction of sp³-hybridized carbons (Fsp3) is 0.303. The van der Waals surface area contributed by atoms with Crippen molar-refractivity contribution in [3.05, 3.63) is 114 Å². The lowest BCUT2D eigenvalue weighted by molar-refractivity contribution is -0.207. The third-order valence-corrected chi connectivity index (χ3v) is 8.26. The number of aliphatic hydroxyl groups is 1. The van der Waals surface area contributed by atoms with E-state index in [2.05, 4.69) is 52.3 Å². The first-order chi connectivity index (χ1) is 22.5. The van der Waals surface area contributed by atoms with Gasteiger partial charge in [-0.2, -0.15) is 8.78 Å². The van der Waals surface area contributed by atoms with Gasteiger partial charge in [-0.15, -0.1) is 5.10 Å². The number of alkyl halides is 2. The van der Waals surface area contributed by atoms with Crippen molar-refractivity contribution in [2.75, 3.05) is 50.1 Å². The average Bonchev–Trinajstić information content (AvgIpc) is 3.58. The number of nitrogens with zero attached hydrogens (tertiary/aromatic N) is 9. The van der Waals surface area contributed by atoms with Crippen LogP contribution in [0.3, 0.4) is 0 Å². The minimum Gasteiger partial charge on any atom is -0.377 e. The van der Waals surface area contributed by atoms with E-state index in [1.807, 2.05) is 44.6 Å². The molecule has 5 aromatic rings. The number of benzene rings is 2. The van der Waals surface area contributed by atoms with E-state index in [1.54, 1.807) is 0 Å². The van der Waals surface area contributed by atoms with Crippen LogP contribution in [-0.4, -0.2) is 80.5 Å². The predicted octanol–water partition coefficient (Wildman–Crippen LogP) is 4.48. The van der Waals surface area contributed by atoms with Crippen LogP contribution in [0.2, 0.25) is 0 Å². The zero-order chi connectivity index (χ0) is 33.2. The van der Waals surface area contributed by atoms with Crippen molar-refractivity contribution in [3.63, 3.8) is 0 Å². The molecule has 3 aromatic heterocycles. The maximum absolute atomic E-state index is 16.1. The lowest BCUT2D eigenvalue weighted by Crippen LogP contribution is -2.48. The molecule has 47 heavy (non-hydrogen) atoms. The third-order valence-electron chi connectivity index (χ3n) is 8.26. The van der Waals surface area contributed by atoms with E-state index >= 15 is 8.78 Å². The molecule has 0 amide bonds. The molecule has 14 heteroatoms. The van der Waals surface area contributed by atoms with Crippen molar-refractivity contribution < 1.29 is 22.7 Å². The fourth-order valence-corrected chi connectivity index (χ4v) is 5.74. The molecule has 2 aromatic carbocycles. The summed E-state index contributed by atoms with van der Waals surface area (Å²) in [6, 6.07) is 16.5. The van der Waals surface area contributed by atoms with E-state index in [0.29, 0.717) is 11.6 Å². The van der Waals surface area contributed by atoms with Crippen LogP contribution in [-0.2, 0) is 24.6 Å². The smallest absolute Gasteiger partial charge is 0.323 e. The first-order valence-electron chi connectivity index (χ1n) is 15.0. The summed E-state index contributed by atoms with van der Waals surface area (Å²) >= 11 is 0. The van der Waals surface area contributed by atoms with Gasteiger partial charge in [0.1, 0.15) is 23.7 Å². The molecule has 1 aliphatic heterocycles. The van der Waals surface area contributed by atoms with E-state index in [9.17, 15) is 13.9 Å². The minimum atomic E-state index is -4.13. The van der Waals surface area contributed by atoms with Crippen LogP contribution >= 0.6 is 0 Å². The minimum absolute atomic E-state index is 0.429. The standard InChI is InChI=1S/C33H33F4N9O/c1-43(2)20-26-7-10-28(19-38-26)45-15-13-44(14-16-45)27-8-3-23(4-9-27)24-5-12-31(39-18-24)33(36,37)32(47,21-46-22-40-41-42-46)29-11-6-25(34)17-30(29)35/h3-12,17-19,22,47H,13-16,20-21H2,1-2H3. The van der Waals surface area contributed by atoms with Crippen molar-refractivity contribution in [1.29, 1.82) is 0 Å². The molecule has 6 rings (SSSR count). The van der Waals surface area contributed by atoms with Crippen molar-refractivity contribution in [3.8, 4) is 11.1 Å². The molecule has 0 radical (unpaired) electrons. The SMILES string of the molecule is CN(C)Cc1ccc(N2CCN(c3ccc(-c4ccc(C(F)(F)C(O)(Cn5cnnn5)c5ccc(F)cc5F)nc4)cc3)CC2)cn1.